The molecule has 11 heavy (non-hydrogen) atoms. The van der Waals surface area contributed by atoms with Gasteiger partial charge in [-0.1, -0.05) is 0 Å². The Bertz CT molecular complexity index is 242. The maximum Gasteiger partial charge on any atom is 0.161 e. The molecule has 0 bridgehead atoms. The second-order valence-electron chi connectivity index (χ2n) is 2.66. The molecular weight excluding hydrogens is 147 g/mol. The third-order valence-electron chi connectivity index (χ3n) is 1.85. The molecule has 0 aromatic carbocycles. The second-order valence-corrected chi connectivity index (χ2v) is 2.66. The van der Waals surface area contributed by atoms with Crippen LogP contribution in [0.3, 0.4) is 0 Å². The minimum absolute atomic E-state index is 0.236. The van der Waals surface area contributed by atoms with Gasteiger partial charge in [-0.25, -0.2) is 4.39 Å². The molecular formula is C7H9FN2O. The van der Waals surface area contributed by atoms with Crippen molar-refractivity contribution in [2.75, 3.05) is 13.2 Å². The van der Waals surface area contributed by atoms with Gasteiger partial charge >= 0.3 is 0 Å². The van der Waals surface area contributed by atoms with Gasteiger partial charge in [0.2, 0.25) is 0 Å². The predicted molar refractivity (Wildman–Crippen MR) is 36.7 cm³/mol. The van der Waals surface area contributed by atoms with Crippen LogP contribution in [-0.4, -0.2) is 23.0 Å². The van der Waals surface area contributed by atoms with Crippen molar-refractivity contribution in [1.82, 2.24) is 9.78 Å². The van der Waals surface area contributed by atoms with E-state index in [9.17, 15) is 4.39 Å². The van der Waals surface area contributed by atoms with Crippen LogP contribution in [0.1, 0.15) is 12.5 Å². The molecule has 0 N–H and O–H groups in total. The van der Waals surface area contributed by atoms with Gasteiger partial charge in [0, 0.05) is 6.61 Å². The van der Waals surface area contributed by atoms with Crippen molar-refractivity contribution in [3.8, 4) is 0 Å². The average molecular weight is 156 g/mol. The molecule has 1 aromatic rings. The van der Waals surface area contributed by atoms with E-state index in [2.05, 4.69) is 5.10 Å². The van der Waals surface area contributed by atoms with Crippen LogP contribution in [0.25, 0.3) is 0 Å². The maximum atomic E-state index is 12.5. The SMILES string of the molecule is Fc1cnn(C2CCOC2)c1. The summed E-state index contributed by atoms with van der Waals surface area (Å²) in [7, 11) is 0. The second kappa shape index (κ2) is 2.62. The zero-order chi connectivity index (χ0) is 7.68. The van der Waals surface area contributed by atoms with Crippen molar-refractivity contribution in [2.45, 2.75) is 12.5 Å². The van der Waals surface area contributed by atoms with Crippen molar-refractivity contribution < 1.29 is 9.13 Å². The van der Waals surface area contributed by atoms with Gasteiger partial charge in [-0.2, -0.15) is 5.10 Å². The van der Waals surface area contributed by atoms with E-state index in [0.29, 0.717) is 6.61 Å². The molecule has 0 amide bonds. The van der Waals surface area contributed by atoms with E-state index < -0.39 is 0 Å². The van der Waals surface area contributed by atoms with Gasteiger partial charge in [-0.15, -0.1) is 0 Å². The average Bonchev–Trinajstić information content (AvgIpc) is 2.55. The van der Waals surface area contributed by atoms with E-state index >= 15 is 0 Å². The predicted octanol–water partition coefficient (Wildman–Crippen LogP) is 0.984. The summed E-state index contributed by atoms with van der Waals surface area (Å²) in [5.74, 6) is -0.281. The van der Waals surface area contributed by atoms with Crippen LogP contribution in [0, 0.1) is 5.82 Å². The molecule has 1 unspecified atom stereocenters. The monoisotopic (exact) mass is 156 g/mol. The third kappa shape index (κ3) is 1.26. The fourth-order valence-corrected chi connectivity index (χ4v) is 1.25. The lowest BCUT2D eigenvalue weighted by Crippen LogP contribution is -2.08. The fraction of sp³-hybridized carbons (Fsp3) is 0.571. The van der Waals surface area contributed by atoms with Crippen molar-refractivity contribution in [3.05, 3.63) is 18.2 Å². The Balaban J connectivity index is 2.15. The number of nitrogens with zero attached hydrogens (tertiary/aromatic N) is 2. The largest absolute Gasteiger partial charge is 0.379 e. The Morgan fingerprint density at radius 3 is 3.18 bits per heavy atom. The molecule has 0 saturated carbocycles. The molecule has 0 spiro atoms. The molecule has 1 atom stereocenters. The Hall–Kier alpha value is -0.900. The van der Waals surface area contributed by atoms with Crippen LogP contribution in [-0.2, 0) is 4.74 Å². The van der Waals surface area contributed by atoms with E-state index in [1.807, 2.05) is 0 Å². The normalized spacial score (nSPS) is 24.3. The van der Waals surface area contributed by atoms with Gasteiger partial charge in [0.1, 0.15) is 0 Å². The summed E-state index contributed by atoms with van der Waals surface area (Å²) in [6.45, 7) is 1.41. The highest BCUT2D eigenvalue weighted by atomic mass is 19.1. The van der Waals surface area contributed by atoms with Gasteiger partial charge < -0.3 is 4.74 Å². The maximum absolute atomic E-state index is 12.5. The summed E-state index contributed by atoms with van der Waals surface area (Å²) in [6, 6.07) is 0.236. The molecule has 4 heteroatoms. The Labute approximate surface area is 63.8 Å². The smallest absolute Gasteiger partial charge is 0.161 e. The van der Waals surface area contributed by atoms with E-state index in [1.165, 1.54) is 12.4 Å². The first-order chi connectivity index (χ1) is 5.36. The summed E-state index contributed by atoms with van der Waals surface area (Å²) < 4.78 is 19.2. The molecule has 2 heterocycles. The standard InChI is InChI=1S/C7H9FN2O/c8-6-3-9-10(4-6)7-1-2-11-5-7/h3-4,7H,1-2,5H2. The van der Waals surface area contributed by atoms with Crippen LogP contribution in [0.15, 0.2) is 12.4 Å². The highest BCUT2D eigenvalue weighted by Gasteiger charge is 2.17. The topological polar surface area (TPSA) is 27.1 Å². The van der Waals surface area contributed by atoms with Gasteiger partial charge in [-0.05, 0) is 6.42 Å². The summed E-state index contributed by atoms with van der Waals surface area (Å²) in [5, 5.41) is 3.86. The molecule has 1 aromatic heterocycles. The lowest BCUT2D eigenvalue weighted by Gasteiger charge is -2.05. The highest BCUT2D eigenvalue weighted by Crippen LogP contribution is 2.17. The van der Waals surface area contributed by atoms with Crippen LogP contribution in [0.2, 0.25) is 0 Å². The van der Waals surface area contributed by atoms with Gasteiger partial charge in [0.05, 0.1) is 25.0 Å². The van der Waals surface area contributed by atoms with E-state index in [-0.39, 0.29) is 11.9 Å². The van der Waals surface area contributed by atoms with Crippen molar-refractivity contribution in [2.24, 2.45) is 0 Å². The molecule has 1 fully saturated rings. The van der Waals surface area contributed by atoms with Crippen molar-refractivity contribution >= 4 is 0 Å². The number of halogens is 1. The molecule has 1 aliphatic rings. The number of aromatic nitrogens is 2. The number of hydrogen-bond acceptors (Lipinski definition) is 2. The van der Waals surface area contributed by atoms with Crippen LogP contribution < -0.4 is 0 Å². The quantitative estimate of drug-likeness (QED) is 0.606. The molecule has 0 aliphatic carbocycles. The first-order valence-corrected chi connectivity index (χ1v) is 3.63. The molecule has 1 aliphatic heterocycles. The third-order valence-corrected chi connectivity index (χ3v) is 1.85. The summed E-state index contributed by atoms with van der Waals surface area (Å²) in [6.07, 6.45) is 3.55. The lowest BCUT2D eigenvalue weighted by molar-refractivity contribution is 0.184. The minimum atomic E-state index is -0.281. The Kier molecular flexibility index (Phi) is 1.62. The molecule has 2 rings (SSSR count). The molecule has 3 nitrogen and oxygen atoms in total. The molecule has 0 radical (unpaired) electrons. The first kappa shape index (κ1) is 6.79. The zero-order valence-corrected chi connectivity index (χ0v) is 6.03. The number of ether oxygens (including phenoxy) is 1. The lowest BCUT2D eigenvalue weighted by atomic mass is 10.3. The fourth-order valence-electron chi connectivity index (χ4n) is 1.25. The van der Waals surface area contributed by atoms with E-state index in [4.69, 9.17) is 4.74 Å². The van der Waals surface area contributed by atoms with Crippen molar-refractivity contribution in [3.63, 3.8) is 0 Å². The van der Waals surface area contributed by atoms with Crippen LogP contribution in [0.4, 0.5) is 4.39 Å². The molecule has 60 valence electrons. The summed E-state index contributed by atoms with van der Waals surface area (Å²) in [5.41, 5.74) is 0. The zero-order valence-electron chi connectivity index (χ0n) is 6.03. The van der Waals surface area contributed by atoms with E-state index in [1.54, 1.807) is 4.68 Å². The Morgan fingerprint density at radius 1 is 1.73 bits per heavy atom. The summed E-state index contributed by atoms with van der Waals surface area (Å²) >= 11 is 0. The number of rotatable bonds is 1. The van der Waals surface area contributed by atoms with E-state index in [0.717, 1.165) is 13.0 Å². The van der Waals surface area contributed by atoms with Crippen LogP contribution in [0.5, 0.6) is 0 Å². The van der Waals surface area contributed by atoms with Crippen molar-refractivity contribution in [1.29, 1.82) is 0 Å². The first-order valence-electron chi connectivity index (χ1n) is 3.63. The highest BCUT2D eigenvalue weighted by molar-refractivity contribution is 4.87. The summed E-state index contributed by atoms with van der Waals surface area (Å²) in [4.78, 5) is 0. The van der Waals surface area contributed by atoms with Crippen LogP contribution >= 0.6 is 0 Å². The Morgan fingerprint density at radius 2 is 2.64 bits per heavy atom. The number of hydrogen-bond donors (Lipinski definition) is 0. The van der Waals surface area contributed by atoms with Gasteiger partial charge in [0.15, 0.2) is 5.82 Å². The van der Waals surface area contributed by atoms with Gasteiger partial charge in [-0.3, -0.25) is 4.68 Å². The minimum Gasteiger partial charge on any atom is -0.379 e. The molecule has 1 saturated heterocycles. The van der Waals surface area contributed by atoms with Gasteiger partial charge in [0.25, 0.3) is 0 Å².